The molecule has 1 aliphatic carbocycles. The summed E-state index contributed by atoms with van der Waals surface area (Å²) >= 11 is 0. The fraction of sp³-hybridized carbons (Fsp3) is 0.556. The minimum absolute atomic E-state index is 0.543. The summed E-state index contributed by atoms with van der Waals surface area (Å²) in [7, 11) is 0. The molecule has 0 radical (unpaired) electrons. The molecule has 0 aromatic carbocycles. The smallest absolute Gasteiger partial charge is 0.148 e. The number of hydrogen-bond donors (Lipinski definition) is 1. The van der Waals surface area contributed by atoms with Crippen molar-refractivity contribution in [1.29, 1.82) is 0 Å². The van der Waals surface area contributed by atoms with E-state index in [1.54, 1.807) is 6.20 Å². The van der Waals surface area contributed by atoms with Gasteiger partial charge >= 0.3 is 0 Å². The quantitative estimate of drug-likeness (QED) is 0.736. The van der Waals surface area contributed by atoms with Crippen molar-refractivity contribution in [3.63, 3.8) is 0 Å². The van der Waals surface area contributed by atoms with Crippen LogP contribution in [0.4, 0.5) is 5.82 Å². The molecule has 1 aromatic rings. The Kier molecular flexibility index (Phi) is 1.94. The Hall–Kier alpha value is -1.12. The first-order valence-corrected chi connectivity index (χ1v) is 4.40. The lowest BCUT2D eigenvalue weighted by Crippen LogP contribution is -2.18. The normalized spacial score (nSPS) is 18.8. The molecule has 3 heteroatoms. The van der Waals surface area contributed by atoms with Crippen LogP contribution in [0.1, 0.15) is 19.8 Å². The van der Waals surface area contributed by atoms with Gasteiger partial charge in [-0.1, -0.05) is 0 Å². The van der Waals surface area contributed by atoms with Crippen LogP contribution < -0.4 is 5.32 Å². The van der Waals surface area contributed by atoms with Crippen LogP contribution in [0.2, 0.25) is 0 Å². The monoisotopic (exact) mass is 163 g/mol. The molecule has 1 aromatic heterocycles. The van der Waals surface area contributed by atoms with Gasteiger partial charge in [0.05, 0.1) is 0 Å². The van der Waals surface area contributed by atoms with Crippen molar-refractivity contribution in [2.24, 2.45) is 5.92 Å². The molecule has 0 aliphatic heterocycles. The zero-order valence-electron chi connectivity index (χ0n) is 7.20. The largest absolute Gasteiger partial charge is 0.366 e. The molecule has 0 bridgehead atoms. The molecule has 2 rings (SSSR count). The maximum atomic E-state index is 3.97. The van der Waals surface area contributed by atoms with Gasteiger partial charge in [-0.3, -0.25) is 0 Å². The van der Waals surface area contributed by atoms with Crippen molar-refractivity contribution in [2.45, 2.75) is 25.8 Å². The predicted octanol–water partition coefficient (Wildman–Crippen LogP) is 1.69. The van der Waals surface area contributed by atoms with Crippen LogP contribution in [-0.2, 0) is 0 Å². The first kappa shape index (κ1) is 7.53. The number of anilines is 1. The average Bonchev–Trinajstić information content (AvgIpc) is 2.88. The van der Waals surface area contributed by atoms with Gasteiger partial charge in [-0.2, -0.15) is 5.10 Å². The number of nitrogens with zero attached hydrogens (tertiary/aromatic N) is 2. The molecule has 0 amide bonds. The van der Waals surface area contributed by atoms with E-state index in [1.165, 1.54) is 12.8 Å². The minimum atomic E-state index is 0.543. The van der Waals surface area contributed by atoms with Crippen molar-refractivity contribution in [3.8, 4) is 0 Å². The SMILES string of the molecule is CC(Nc1cccnn1)C1CC1. The first-order chi connectivity index (χ1) is 5.86. The standard InChI is InChI=1S/C9H13N3/c1-7(8-4-5-8)11-9-3-2-6-10-12-9/h2-3,6-8H,4-5H2,1H3,(H,11,12). The molecule has 1 heterocycles. The Morgan fingerprint density at radius 1 is 1.58 bits per heavy atom. The van der Waals surface area contributed by atoms with Crippen LogP contribution in [0.15, 0.2) is 18.3 Å². The van der Waals surface area contributed by atoms with E-state index in [2.05, 4.69) is 22.4 Å². The van der Waals surface area contributed by atoms with E-state index < -0.39 is 0 Å². The fourth-order valence-corrected chi connectivity index (χ4v) is 1.33. The van der Waals surface area contributed by atoms with Gasteiger partial charge in [-0.05, 0) is 37.8 Å². The molecular formula is C9H13N3. The predicted molar refractivity (Wildman–Crippen MR) is 47.8 cm³/mol. The molecule has 3 nitrogen and oxygen atoms in total. The van der Waals surface area contributed by atoms with Crippen molar-refractivity contribution in [2.75, 3.05) is 5.32 Å². The lowest BCUT2D eigenvalue weighted by Gasteiger charge is -2.11. The van der Waals surface area contributed by atoms with Crippen LogP contribution in [0.25, 0.3) is 0 Å². The molecule has 1 unspecified atom stereocenters. The van der Waals surface area contributed by atoms with Gasteiger partial charge in [-0.15, -0.1) is 5.10 Å². The summed E-state index contributed by atoms with van der Waals surface area (Å²) in [6, 6.07) is 4.39. The van der Waals surface area contributed by atoms with Gasteiger partial charge in [0.15, 0.2) is 0 Å². The highest BCUT2D eigenvalue weighted by Crippen LogP contribution is 2.33. The molecule has 12 heavy (non-hydrogen) atoms. The summed E-state index contributed by atoms with van der Waals surface area (Å²) in [5, 5.41) is 11.1. The third-order valence-electron chi connectivity index (χ3n) is 2.28. The third-order valence-corrected chi connectivity index (χ3v) is 2.28. The van der Waals surface area contributed by atoms with E-state index in [0.29, 0.717) is 6.04 Å². The Bertz CT molecular complexity index is 243. The zero-order valence-corrected chi connectivity index (χ0v) is 7.20. The topological polar surface area (TPSA) is 37.8 Å². The first-order valence-electron chi connectivity index (χ1n) is 4.40. The summed E-state index contributed by atoms with van der Waals surface area (Å²) < 4.78 is 0. The van der Waals surface area contributed by atoms with Crippen molar-refractivity contribution in [3.05, 3.63) is 18.3 Å². The van der Waals surface area contributed by atoms with Crippen LogP contribution in [0.5, 0.6) is 0 Å². The van der Waals surface area contributed by atoms with Gasteiger partial charge in [0, 0.05) is 12.2 Å². The molecule has 1 N–H and O–H groups in total. The van der Waals surface area contributed by atoms with Crippen LogP contribution in [0.3, 0.4) is 0 Å². The van der Waals surface area contributed by atoms with Crippen molar-refractivity contribution < 1.29 is 0 Å². The summed E-state index contributed by atoms with van der Waals surface area (Å²) in [5.41, 5.74) is 0. The highest BCUT2D eigenvalue weighted by molar-refractivity contribution is 5.33. The van der Waals surface area contributed by atoms with Gasteiger partial charge in [0.2, 0.25) is 0 Å². The van der Waals surface area contributed by atoms with E-state index in [4.69, 9.17) is 0 Å². The lowest BCUT2D eigenvalue weighted by molar-refractivity contribution is 0.688. The summed E-state index contributed by atoms with van der Waals surface area (Å²) in [5.74, 6) is 1.74. The molecular weight excluding hydrogens is 150 g/mol. The highest BCUT2D eigenvalue weighted by atomic mass is 15.2. The summed E-state index contributed by atoms with van der Waals surface area (Å²) in [6.45, 7) is 2.20. The van der Waals surface area contributed by atoms with E-state index in [9.17, 15) is 0 Å². The Labute approximate surface area is 72.2 Å². The Morgan fingerprint density at radius 2 is 2.42 bits per heavy atom. The fourth-order valence-electron chi connectivity index (χ4n) is 1.33. The zero-order chi connectivity index (χ0) is 8.39. The molecule has 1 atom stereocenters. The van der Waals surface area contributed by atoms with Gasteiger partial charge < -0.3 is 5.32 Å². The van der Waals surface area contributed by atoms with Gasteiger partial charge in [0.25, 0.3) is 0 Å². The maximum Gasteiger partial charge on any atom is 0.148 e. The Balaban J connectivity index is 1.94. The molecule has 1 fully saturated rings. The van der Waals surface area contributed by atoms with Crippen molar-refractivity contribution >= 4 is 5.82 Å². The summed E-state index contributed by atoms with van der Waals surface area (Å²) in [4.78, 5) is 0. The Morgan fingerprint density at radius 3 is 3.00 bits per heavy atom. The highest BCUT2D eigenvalue weighted by Gasteiger charge is 2.27. The van der Waals surface area contributed by atoms with Crippen LogP contribution in [0, 0.1) is 5.92 Å². The third kappa shape index (κ3) is 1.72. The number of rotatable bonds is 3. The second kappa shape index (κ2) is 3.09. The number of hydrogen-bond acceptors (Lipinski definition) is 3. The van der Waals surface area contributed by atoms with E-state index in [0.717, 1.165) is 11.7 Å². The van der Waals surface area contributed by atoms with E-state index >= 15 is 0 Å². The van der Waals surface area contributed by atoms with Crippen LogP contribution >= 0.6 is 0 Å². The average molecular weight is 163 g/mol. The summed E-state index contributed by atoms with van der Waals surface area (Å²) in [6.07, 6.45) is 4.40. The second-order valence-electron chi connectivity index (χ2n) is 3.38. The number of aromatic nitrogens is 2. The molecule has 0 saturated heterocycles. The van der Waals surface area contributed by atoms with E-state index in [-0.39, 0.29) is 0 Å². The van der Waals surface area contributed by atoms with Gasteiger partial charge in [0.1, 0.15) is 5.82 Å². The molecule has 1 saturated carbocycles. The second-order valence-corrected chi connectivity index (χ2v) is 3.38. The maximum absolute atomic E-state index is 3.97. The number of nitrogens with one attached hydrogen (secondary N) is 1. The minimum Gasteiger partial charge on any atom is -0.366 e. The molecule has 1 aliphatic rings. The van der Waals surface area contributed by atoms with Crippen molar-refractivity contribution in [1.82, 2.24) is 10.2 Å². The van der Waals surface area contributed by atoms with Crippen LogP contribution in [-0.4, -0.2) is 16.2 Å². The van der Waals surface area contributed by atoms with E-state index in [1.807, 2.05) is 12.1 Å². The molecule has 0 spiro atoms. The molecule has 64 valence electrons. The lowest BCUT2D eigenvalue weighted by atomic mass is 10.2. The van der Waals surface area contributed by atoms with Gasteiger partial charge in [-0.25, -0.2) is 0 Å².